The Morgan fingerprint density at radius 2 is 2.17 bits per heavy atom. The maximum atomic E-state index is 8.63. The van der Waals surface area contributed by atoms with Crippen LogP contribution in [0.25, 0.3) is 0 Å². The zero-order valence-electron chi connectivity index (χ0n) is 11.2. The van der Waals surface area contributed by atoms with Crippen molar-refractivity contribution >= 4 is 6.21 Å². The molecule has 18 heavy (non-hydrogen) atoms. The Kier molecular flexibility index (Phi) is 9.56. The van der Waals surface area contributed by atoms with Crippen LogP contribution in [-0.4, -0.2) is 11.4 Å². The van der Waals surface area contributed by atoms with Gasteiger partial charge in [0.15, 0.2) is 12.7 Å². The fourth-order valence-corrected chi connectivity index (χ4v) is 2.03. The summed E-state index contributed by atoms with van der Waals surface area (Å²) < 4.78 is 2.16. The van der Waals surface area contributed by atoms with Gasteiger partial charge in [-0.3, -0.25) is 0 Å². The van der Waals surface area contributed by atoms with Crippen molar-refractivity contribution in [3.8, 4) is 0 Å². The summed E-state index contributed by atoms with van der Waals surface area (Å²) in [4.78, 5) is 0. The van der Waals surface area contributed by atoms with Crippen LogP contribution in [0.4, 0.5) is 0 Å². The second-order valence-electron chi connectivity index (χ2n) is 4.44. The van der Waals surface area contributed by atoms with Gasteiger partial charge in [0.25, 0.3) is 0 Å². The minimum atomic E-state index is 0. The van der Waals surface area contributed by atoms with Crippen LogP contribution < -0.4 is 21.5 Å². The molecule has 1 heterocycles. The van der Waals surface area contributed by atoms with E-state index in [1.165, 1.54) is 31.9 Å². The number of hydrogen-bond acceptors (Lipinski definition) is 2. The Bertz CT molecular complexity index is 355. The molecule has 0 saturated carbocycles. The molecule has 0 fully saturated rings. The molecular formula is C14H23BrN2O. The molecule has 0 spiro atoms. The zero-order chi connectivity index (χ0) is 12.5. The molecular weight excluding hydrogens is 292 g/mol. The fraction of sp³-hybridized carbons (Fsp3) is 0.571. The Morgan fingerprint density at radius 3 is 2.78 bits per heavy atom. The molecule has 0 aliphatic carbocycles. The van der Waals surface area contributed by atoms with Crippen LogP contribution in [-0.2, 0) is 6.54 Å². The molecule has 1 unspecified atom stereocenters. The number of halogens is 1. The van der Waals surface area contributed by atoms with Gasteiger partial charge in [-0.05, 0) is 18.9 Å². The third-order valence-electron chi connectivity index (χ3n) is 3.16. The van der Waals surface area contributed by atoms with E-state index in [-0.39, 0.29) is 17.0 Å². The molecule has 0 aliphatic heterocycles. The van der Waals surface area contributed by atoms with Gasteiger partial charge < -0.3 is 22.2 Å². The van der Waals surface area contributed by atoms with Gasteiger partial charge in [-0.1, -0.05) is 31.8 Å². The van der Waals surface area contributed by atoms with Gasteiger partial charge >= 0.3 is 0 Å². The lowest BCUT2D eigenvalue weighted by Crippen LogP contribution is -3.00. The predicted molar refractivity (Wildman–Crippen MR) is 69.3 cm³/mol. The largest absolute Gasteiger partial charge is 1.00 e. The summed E-state index contributed by atoms with van der Waals surface area (Å²) in [6, 6.07) is 5.94. The zero-order valence-corrected chi connectivity index (χ0v) is 12.8. The van der Waals surface area contributed by atoms with E-state index in [0.29, 0.717) is 5.92 Å². The van der Waals surface area contributed by atoms with Gasteiger partial charge in [-0.2, -0.15) is 4.57 Å². The van der Waals surface area contributed by atoms with Crippen LogP contribution in [0, 0.1) is 5.92 Å². The molecule has 0 aromatic carbocycles. The van der Waals surface area contributed by atoms with Crippen molar-refractivity contribution in [2.75, 3.05) is 0 Å². The first-order chi connectivity index (χ1) is 8.31. The maximum absolute atomic E-state index is 8.63. The molecule has 1 atom stereocenters. The van der Waals surface area contributed by atoms with Crippen LogP contribution in [0.2, 0.25) is 0 Å². The Labute approximate surface area is 120 Å². The minimum absolute atomic E-state index is 0. The van der Waals surface area contributed by atoms with Crippen molar-refractivity contribution in [1.29, 1.82) is 0 Å². The molecule has 0 radical (unpaired) electrons. The van der Waals surface area contributed by atoms with Crippen molar-refractivity contribution in [3.05, 3.63) is 30.1 Å². The summed E-state index contributed by atoms with van der Waals surface area (Å²) >= 11 is 0. The van der Waals surface area contributed by atoms with E-state index in [0.717, 1.165) is 12.2 Å². The lowest BCUT2D eigenvalue weighted by atomic mass is 9.99. The van der Waals surface area contributed by atoms with Crippen LogP contribution in [0.15, 0.2) is 29.6 Å². The summed E-state index contributed by atoms with van der Waals surface area (Å²) in [7, 11) is 0. The average molecular weight is 315 g/mol. The summed E-state index contributed by atoms with van der Waals surface area (Å²) in [6.07, 6.45) is 8.54. The number of unbranched alkanes of at least 4 members (excludes halogenated alkanes) is 1. The van der Waals surface area contributed by atoms with E-state index in [2.05, 4.69) is 23.6 Å². The van der Waals surface area contributed by atoms with Crippen molar-refractivity contribution < 1.29 is 26.8 Å². The smallest absolute Gasteiger partial charge is 0.227 e. The summed E-state index contributed by atoms with van der Waals surface area (Å²) in [6.45, 7) is 5.47. The number of oxime groups is 1. The molecule has 1 aromatic rings. The summed E-state index contributed by atoms with van der Waals surface area (Å²) in [5.41, 5.74) is 0.949. The fourth-order valence-electron chi connectivity index (χ4n) is 2.03. The predicted octanol–water partition coefficient (Wildman–Crippen LogP) is 0.00260. The van der Waals surface area contributed by atoms with E-state index in [9.17, 15) is 0 Å². The topological polar surface area (TPSA) is 36.5 Å². The first kappa shape index (κ1) is 17.1. The van der Waals surface area contributed by atoms with Crippen molar-refractivity contribution in [3.63, 3.8) is 0 Å². The van der Waals surface area contributed by atoms with E-state index in [4.69, 9.17) is 5.21 Å². The van der Waals surface area contributed by atoms with Gasteiger partial charge in [0.2, 0.25) is 5.69 Å². The molecule has 1 aromatic heterocycles. The molecule has 0 amide bonds. The Balaban J connectivity index is 0.00000289. The van der Waals surface area contributed by atoms with Gasteiger partial charge in [-0.25, -0.2) is 0 Å². The van der Waals surface area contributed by atoms with Gasteiger partial charge in [0, 0.05) is 18.1 Å². The monoisotopic (exact) mass is 314 g/mol. The number of pyridine rings is 1. The van der Waals surface area contributed by atoms with E-state index < -0.39 is 0 Å². The first-order valence-electron chi connectivity index (χ1n) is 6.47. The highest BCUT2D eigenvalue weighted by atomic mass is 79.9. The second-order valence-corrected chi connectivity index (χ2v) is 4.44. The molecule has 0 aliphatic rings. The van der Waals surface area contributed by atoms with E-state index in [1.54, 1.807) is 0 Å². The molecule has 1 N–H and O–H groups in total. The Hall–Kier alpha value is -0.900. The van der Waals surface area contributed by atoms with E-state index in [1.807, 2.05) is 24.4 Å². The highest BCUT2D eigenvalue weighted by Crippen LogP contribution is 2.12. The highest BCUT2D eigenvalue weighted by Gasteiger charge is 2.14. The molecule has 102 valence electrons. The quantitative estimate of drug-likeness (QED) is 0.327. The first-order valence-corrected chi connectivity index (χ1v) is 6.47. The standard InChI is InChI=1S/C14H22N2O.BrH/c1-3-5-8-13(4-2)12-16-10-7-6-9-14(16)11-15-17;/h6-7,9-11,13H,3-5,8,12H2,1-2H3;1H. The number of aromatic nitrogens is 1. The van der Waals surface area contributed by atoms with Crippen molar-refractivity contribution in [2.24, 2.45) is 11.1 Å². The van der Waals surface area contributed by atoms with Crippen molar-refractivity contribution in [1.82, 2.24) is 0 Å². The lowest BCUT2D eigenvalue weighted by molar-refractivity contribution is -0.704. The summed E-state index contributed by atoms with van der Waals surface area (Å²) in [5.74, 6) is 0.702. The third-order valence-corrected chi connectivity index (χ3v) is 3.16. The summed E-state index contributed by atoms with van der Waals surface area (Å²) in [5, 5.41) is 11.7. The average Bonchev–Trinajstić information content (AvgIpc) is 2.36. The maximum Gasteiger partial charge on any atom is 0.227 e. The van der Waals surface area contributed by atoms with Gasteiger partial charge in [0.1, 0.15) is 6.21 Å². The van der Waals surface area contributed by atoms with Gasteiger partial charge in [0.05, 0.1) is 0 Å². The van der Waals surface area contributed by atoms with Crippen LogP contribution in [0.5, 0.6) is 0 Å². The van der Waals surface area contributed by atoms with Crippen LogP contribution >= 0.6 is 0 Å². The molecule has 0 bridgehead atoms. The number of nitrogens with zero attached hydrogens (tertiary/aromatic N) is 2. The van der Waals surface area contributed by atoms with Crippen LogP contribution in [0.1, 0.15) is 45.2 Å². The second kappa shape index (κ2) is 10.1. The van der Waals surface area contributed by atoms with Crippen molar-refractivity contribution in [2.45, 2.75) is 46.1 Å². The molecule has 0 saturated heterocycles. The minimum Gasteiger partial charge on any atom is -1.00 e. The SMILES string of the molecule is CCCCC(CC)C[n+]1ccccc1C=NO.[Br-]. The van der Waals surface area contributed by atoms with Gasteiger partial charge in [-0.15, -0.1) is 0 Å². The molecule has 3 nitrogen and oxygen atoms in total. The highest BCUT2D eigenvalue weighted by molar-refractivity contribution is 5.74. The van der Waals surface area contributed by atoms with Crippen LogP contribution in [0.3, 0.4) is 0 Å². The third kappa shape index (κ3) is 5.63. The molecule has 4 heteroatoms. The van der Waals surface area contributed by atoms with E-state index >= 15 is 0 Å². The lowest BCUT2D eigenvalue weighted by Gasteiger charge is -2.11. The molecule has 1 rings (SSSR count). The Morgan fingerprint density at radius 1 is 1.39 bits per heavy atom. The number of hydrogen-bond donors (Lipinski definition) is 1. The number of rotatable bonds is 7. The normalized spacial score (nSPS) is 12.3.